The average Bonchev–Trinajstić information content (AvgIpc) is 2.95. The van der Waals surface area contributed by atoms with Gasteiger partial charge in [0.15, 0.2) is 0 Å². The van der Waals surface area contributed by atoms with Crippen molar-refractivity contribution in [2.75, 3.05) is 26.2 Å². The monoisotopic (exact) mass is 627 g/mol. The van der Waals surface area contributed by atoms with E-state index in [-0.39, 0.29) is 60.5 Å². The summed E-state index contributed by atoms with van der Waals surface area (Å²) in [5, 5.41) is 2.20. The first-order valence-corrected chi connectivity index (χ1v) is 15.0. The van der Waals surface area contributed by atoms with E-state index in [1.807, 2.05) is 12.1 Å². The molecule has 0 unspecified atom stereocenters. The standard InChI is InChI=1S/C31H30ClN3O5S.ClH/c1-31(2,3)40-30(37)28-20-24(21-10-12-33-13-11-21)6-9-27(28)29(36)34-14-16-35(17-15-34)41(38,39)26-8-5-22-18-25(32)7-4-23(22)19-26;/h4-13,18-20H,14-17H2,1-3H3;1H. The highest BCUT2D eigenvalue weighted by Crippen LogP contribution is 2.28. The lowest BCUT2D eigenvalue weighted by molar-refractivity contribution is 0.00665. The van der Waals surface area contributed by atoms with Gasteiger partial charge in [0.2, 0.25) is 10.0 Å². The molecule has 3 aromatic carbocycles. The van der Waals surface area contributed by atoms with Crippen LogP contribution in [0.25, 0.3) is 21.9 Å². The number of amides is 1. The molecule has 1 aromatic heterocycles. The highest BCUT2D eigenvalue weighted by molar-refractivity contribution is 7.89. The van der Waals surface area contributed by atoms with Crippen LogP contribution in [0.15, 0.2) is 84.0 Å². The highest BCUT2D eigenvalue weighted by atomic mass is 35.5. The molecule has 4 aromatic rings. The van der Waals surface area contributed by atoms with Gasteiger partial charge in [0.25, 0.3) is 5.91 Å². The van der Waals surface area contributed by atoms with Crippen molar-refractivity contribution in [3.05, 3.63) is 95.3 Å². The van der Waals surface area contributed by atoms with Crippen LogP contribution in [0.2, 0.25) is 5.02 Å². The maximum absolute atomic E-state index is 13.7. The number of halogens is 2. The number of nitrogens with zero attached hydrogens (tertiary/aromatic N) is 3. The molecular weight excluding hydrogens is 597 g/mol. The molecule has 0 bridgehead atoms. The minimum atomic E-state index is -3.77. The number of aromatic nitrogens is 1. The molecule has 0 N–H and O–H groups in total. The van der Waals surface area contributed by atoms with Crippen LogP contribution in [-0.4, -0.2) is 66.3 Å². The van der Waals surface area contributed by atoms with E-state index in [2.05, 4.69) is 4.98 Å². The normalized spacial score (nSPS) is 14.3. The SMILES string of the molecule is CC(C)(C)OC(=O)c1cc(-c2ccncc2)ccc1C(=O)N1CCN(S(=O)(=O)c2ccc3cc(Cl)ccc3c2)CC1.Cl. The molecule has 1 aliphatic heterocycles. The van der Waals surface area contributed by atoms with E-state index in [1.165, 1.54) is 4.31 Å². The average molecular weight is 629 g/mol. The molecule has 1 aliphatic rings. The minimum Gasteiger partial charge on any atom is -0.456 e. The van der Waals surface area contributed by atoms with Gasteiger partial charge in [-0.05, 0) is 91.2 Å². The van der Waals surface area contributed by atoms with E-state index in [0.29, 0.717) is 5.02 Å². The van der Waals surface area contributed by atoms with Crippen LogP contribution in [0.4, 0.5) is 0 Å². The van der Waals surface area contributed by atoms with Crippen LogP contribution in [-0.2, 0) is 14.8 Å². The summed E-state index contributed by atoms with van der Waals surface area (Å²) in [6, 6.07) is 18.9. The van der Waals surface area contributed by atoms with Gasteiger partial charge in [-0.15, -0.1) is 12.4 Å². The van der Waals surface area contributed by atoms with Gasteiger partial charge in [-0.2, -0.15) is 4.31 Å². The summed E-state index contributed by atoms with van der Waals surface area (Å²) in [4.78, 5) is 32.7. The van der Waals surface area contributed by atoms with E-state index in [4.69, 9.17) is 16.3 Å². The van der Waals surface area contributed by atoms with Gasteiger partial charge in [-0.25, -0.2) is 13.2 Å². The lowest BCUT2D eigenvalue weighted by Gasteiger charge is -2.34. The second-order valence-corrected chi connectivity index (χ2v) is 13.2. The number of hydrogen-bond acceptors (Lipinski definition) is 6. The Morgan fingerprint density at radius 1 is 0.810 bits per heavy atom. The van der Waals surface area contributed by atoms with E-state index in [0.717, 1.165) is 21.9 Å². The maximum atomic E-state index is 13.7. The molecule has 0 atom stereocenters. The molecule has 2 heterocycles. The van der Waals surface area contributed by atoms with Crippen molar-refractivity contribution in [2.24, 2.45) is 0 Å². The topological polar surface area (TPSA) is 96.9 Å². The van der Waals surface area contributed by atoms with Gasteiger partial charge in [0.05, 0.1) is 16.0 Å². The van der Waals surface area contributed by atoms with Gasteiger partial charge in [0, 0.05) is 43.6 Å². The zero-order valence-electron chi connectivity index (χ0n) is 23.4. The fraction of sp³-hybridized carbons (Fsp3) is 0.258. The number of piperazine rings is 1. The molecule has 0 aliphatic carbocycles. The Morgan fingerprint density at radius 2 is 1.45 bits per heavy atom. The predicted molar refractivity (Wildman–Crippen MR) is 166 cm³/mol. The van der Waals surface area contributed by atoms with Crippen molar-refractivity contribution in [2.45, 2.75) is 31.3 Å². The Bertz CT molecular complexity index is 1730. The van der Waals surface area contributed by atoms with E-state index >= 15 is 0 Å². The second kappa shape index (κ2) is 12.4. The summed E-state index contributed by atoms with van der Waals surface area (Å²) in [7, 11) is -3.77. The van der Waals surface area contributed by atoms with Crippen LogP contribution in [0.1, 0.15) is 41.5 Å². The third-order valence-electron chi connectivity index (χ3n) is 6.82. The molecule has 42 heavy (non-hydrogen) atoms. The Kier molecular flexibility index (Phi) is 9.27. The van der Waals surface area contributed by atoms with Crippen LogP contribution in [0, 0.1) is 0 Å². The summed E-state index contributed by atoms with van der Waals surface area (Å²) in [6.07, 6.45) is 3.31. The van der Waals surface area contributed by atoms with Crippen molar-refractivity contribution >= 4 is 56.7 Å². The largest absolute Gasteiger partial charge is 0.456 e. The summed E-state index contributed by atoms with van der Waals surface area (Å²) < 4.78 is 33.9. The number of sulfonamides is 1. The van der Waals surface area contributed by atoms with Gasteiger partial charge in [-0.1, -0.05) is 29.8 Å². The Labute approximate surface area is 256 Å². The maximum Gasteiger partial charge on any atom is 0.339 e. The Balaban J connectivity index is 0.00000405. The second-order valence-electron chi connectivity index (χ2n) is 10.8. The lowest BCUT2D eigenvalue weighted by atomic mass is 9.98. The molecule has 1 amide bonds. The van der Waals surface area contributed by atoms with Crippen molar-refractivity contribution in [3.8, 4) is 11.1 Å². The fourth-order valence-corrected chi connectivity index (χ4v) is 6.40. The first-order chi connectivity index (χ1) is 19.4. The van der Waals surface area contributed by atoms with Crippen molar-refractivity contribution in [1.82, 2.24) is 14.2 Å². The lowest BCUT2D eigenvalue weighted by Crippen LogP contribution is -2.50. The quantitative estimate of drug-likeness (QED) is 0.249. The Morgan fingerprint density at radius 3 is 2.12 bits per heavy atom. The highest BCUT2D eigenvalue weighted by Gasteiger charge is 2.32. The molecule has 5 rings (SSSR count). The number of hydrogen-bond donors (Lipinski definition) is 0. The molecule has 0 saturated carbocycles. The number of rotatable bonds is 5. The fourth-order valence-electron chi connectivity index (χ4n) is 4.76. The zero-order valence-corrected chi connectivity index (χ0v) is 25.8. The first-order valence-electron chi connectivity index (χ1n) is 13.2. The number of benzene rings is 3. The van der Waals surface area contributed by atoms with Crippen molar-refractivity contribution < 1.29 is 22.7 Å². The Hall–Kier alpha value is -3.50. The number of pyridine rings is 1. The molecule has 220 valence electrons. The number of ether oxygens (including phenoxy) is 1. The van der Waals surface area contributed by atoms with Crippen LogP contribution in [0.5, 0.6) is 0 Å². The number of carbonyl (C=O) groups is 2. The van der Waals surface area contributed by atoms with E-state index in [9.17, 15) is 18.0 Å². The molecule has 0 radical (unpaired) electrons. The summed E-state index contributed by atoms with van der Waals surface area (Å²) in [6.45, 7) is 5.92. The number of fused-ring (bicyclic) bond motifs is 1. The van der Waals surface area contributed by atoms with Crippen LogP contribution < -0.4 is 0 Å². The third kappa shape index (κ3) is 6.76. The van der Waals surface area contributed by atoms with Crippen molar-refractivity contribution in [3.63, 3.8) is 0 Å². The molecule has 8 nitrogen and oxygen atoms in total. The van der Waals surface area contributed by atoms with Gasteiger partial charge >= 0.3 is 5.97 Å². The number of esters is 1. The zero-order chi connectivity index (χ0) is 29.4. The molecule has 1 saturated heterocycles. The molecular formula is C31H31Cl2N3O5S. The minimum absolute atomic E-state index is 0. The summed E-state index contributed by atoms with van der Waals surface area (Å²) in [5.74, 6) is -0.956. The van der Waals surface area contributed by atoms with Crippen LogP contribution >= 0.6 is 24.0 Å². The molecule has 11 heteroatoms. The summed E-state index contributed by atoms with van der Waals surface area (Å²) in [5.41, 5.74) is 1.21. The predicted octanol–water partition coefficient (Wildman–Crippen LogP) is 6.08. The molecule has 0 spiro atoms. The van der Waals surface area contributed by atoms with Gasteiger partial charge in [-0.3, -0.25) is 9.78 Å². The summed E-state index contributed by atoms with van der Waals surface area (Å²) >= 11 is 6.06. The van der Waals surface area contributed by atoms with E-state index < -0.39 is 21.6 Å². The smallest absolute Gasteiger partial charge is 0.339 e. The van der Waals surface area contributed by atoms with Gasteiger partial charge in [0.1, 0.15) is 5.60 Å². The van der Waals surface area contributed by atoms with E-state index in [1.54, 1.807) is 92.7 Å². The molecule has 1 fully saturated rings. The first kappa shape index (κ1) is 31.4. The van der Waals surface area contributed by atoms with Crippen LogP contribution in [0.3, 0.4) is 0 Å². The third-order valence-corrected chi connectivity index (χ3v) is 8.95. The van der Waals surface area contributed by atoms with Gasteiger partial charge < -0.3 is 9.64 Å². The number of carbonyl (C=O) groups excluding carboxylic acids is 2. The van der Waals surface area contributed by atoms with Crippen molar-refractivity contribution in [1.29, 1.82) is 0 Å².